The van der Waals surface area contributed by atoms with E-state index in [1.807, 2.05) is 43.3 Å². The Morgan fingerprint density at radius 3 is 2.44 bits per heavy atom. The first-order valence-electron chi connectivity index (χ1n) is 14.9. The molecule has 48 heavy (non-hydrogen) atoms. The standard InChI is InChI=1S/C33H28F3N7O4S/c1-21-12-13-24(18-42(21)32(44)47-20-22-8-4-2-5-9-22)40-31-38-17-28(33(34,35)36)29(41-31)27-19-43(30-26(27)15-14-23(16-37)39-30)48(45,46)25-10-6-3-7-11-25/h2-11,14-15,17,19,21,24H,12-13,18,20H2,1H3,(H,38,40,41)/t21-,24-/m0/s1. The first kappa shape index (κ1) is 32.5. The van der Waals surface area contributed by atoms with Crippen molar-refractivity contribution in [3.63, 3.8) is 0 Å². The smallest absolute Gasteiger partial charge is 0.419 e. The third-order valence-electron chi connectivity index (χ3n) is 8.04. The molecule has 4 heterocycles. The number of amides is 1. The molecular formula is C33H28F3N7O4S. The summed E-state index contributed by atoms with van der Waals surface area (Å²) in [4.78, 5) is 26.7. The maximum atomic E-state index is 14.4. The summed E-state index contributed by atoms with van der Waals surface area (Å²) in [7, 11) is -4.35. The van der Waals surface area contributed by atoms with Gasteiger partial charge in [0.1, 0.15) is 23.9 Å². The van der Waals surface area contributed by atoms with E-state index in [1.54, 1.807) is 11.0 Å². The van der Waals surface area contributed by atoms with Crippen LogP contribution in [0.2, 0.25) is 0 Å². The summed E-state index contributed by atoms with van der Waals surface area (Å²) in [6, 6.07) is 20.4. The second-order valence-corrected chi connectivity index (χ2v) is 13.1. The fourth-order valence-corrected chi connectivity index (χ4v) is 6.88. The Bertz CT molecular complexity index is 2120. The number of aromatic nitrogens is 4. The van der Waals surface area contributed by atoms with E-state index < -0.39 is 39.6 Å². The molecule has 0 spiro atoms. The number of hydrogen-bond acceptors (Lipinski definition) is 9. The zero-order valence-electron chi connectivity index (χ0n) is 25.4. The van der Waals surface area contributed by atoms with Crippen LogP contribution in [-0.4, -0.2) is 57.0 Å². The van der Waals surface area contributed by atoms with Crippen LogP contribution in [0.1, 0.15) is 36.6 Å². The van der Waals surface area contributed by atoms with Crippen LogP contribution in [0.3, 0.4) is 0 Å². The summed E-state index contributed by atoms with van der Waals surface area (Å²) in [6.07, 6.45) is -2.62. The normalized spacial score (nSPS) is 16.8. The van der Waals surface area contributed by atoms with E-state index >= 15 is 0 Å². The van der Waals surface area contributed by atoms with Gasteiger partial charge in [0, 0.05) is 42.0 Å². The van der Waals surface area contributed by atoms with E-state index in [-0.39, 0.29) is 52.3 Å². The molecule has 0 radical (unpaired) electrons. The second kappa shape index (κ2) is 13.0. The number of ether oxygens (including phenoxy) is 1. The highest BCUT2D eigenvalue weighted by atomic mass is 32.2. The number of carbonyl (C=O) groups is 1. The van der Waals surface area contributed by atoms with E-state index in [4.69, 9.17) is 4.74 Å². The third kappa shape index (κ3) is 6.52. The monoisotopic (exact) mass is 675 g/mol. The number of nitrogens with zero attached hydrogens (tertiary/aromatic N) is 6. The van der Waals surface area contributed by atoms with Crippen LogP contribution in [0.25, 0.3) is 22.3 Å². The molecule has 1 aliphatic rings. The number of likely N-dealkylation sites (tertiary alicyclic amines) is 1. The zero-order chi connectivity index (χ0) is 34.1. The van der Waals surface area contributed by atoms with Crippen LogP contribution >= 0.6 is 0 Å². The molecule has 0 aliphatic carbocycles. The van der Waals surface area contributed by atoms with Gasteiger partial charge < -0.3 is 15.0 Å². The summed E-state index contributed by atoms with van der Waals surface area (Å²) < 4.78 is 76.8. The Morgan fingerprint density at radius 1 is 1.04 bits per heavy atom. The third-order valence-corrected chi connectivity index (χ3v) is 9.70. The molecule has 5 aromatic rings. The average Bonchev–Trinajstić information content (AvgIpc) is 3.48. The molecule has 1 aliphatic heterocycles. The van der Waals surface area contributed by atoms with Crippen LogP contribution in [0, 0.1) is 11.3 Å². The quantitative estimate of drug-likeness (QED) is 0.213. The number of anilines is 1. The summed E-state index contributed by atoms with van der Waals surface area (Å²) in [5, 5.41) is 12.5. The van der Waals surface area contributed by atoms with Crippen molar-refractivity contribution in [2.24, 2.45) is 0 Å². The summed E-state index contributed by atoms with van der Waals surface area (Å²) >= 11 is 0. The number of pyridine rings is 1. The molecule has 1 fully saturated rings. The molecule has 0 bridgehead atoms. The van der Waals surface area contributed by atoms with Crippen molar-refractivity contribution in [1.29, 1.82) is 5.26 Å². The molecule has 1 saturated heterocycles. The minimum Gasteiger partial charge on any atom is -0.445 e. The van der Waals surface area contributed by atoms with Gasteiger partial charge >= 0.3 is 12.3 Å². The Kier molecular flexibility index (Phi) is 8.76. The van der Waals surface area contributed by atoms with Crippen molar-refractivity contribution < 1.29 is 31.1 Å². The maximum Gasteiger partial charge on any atom is 0.419 e. The van der Waals surface area contributed by atoms with Crippen molar-refractivity contribution in [2.75, 3.05) is 11.9 Å². The van der Waals surface area contributed by atoms with E-state index in [0.717, 1.165) is 15.7 Å². The number of carbonyl (C=O) groups excluding carboxylic acids is 1. The summed E-state index contributed by atoms with van der Waals surface area (Å²) in [5.41, 5.74) is -1.49. The van der Waals surface area contributed by atoms with Gasteiger partial charge in [0.15, 0.2) is 5.65 Å². The Morgan fingerprint density at radius 2 is 1.75 bits per heavy atom. The minimum atomic E-state index is -4.90. The van der Waals surface area contributed by atoms with Crippen molar-refractivity contribution >= 4 is 33.1 Å². The molecular weight excluding hydrogens is 647 g/mol. The fourth-order valence-electron chi connectivity index (χ4n) is 5.54. The molecule has 0 unspecified atom stereocenters. The minimum absolute atomic E-state index is 0.0301. The molecule has 2 aromatic carbocycles. The number of alkyl halides is 3. The van der Waals surface area contributed by atoms with Gasteiger partial charge in [-0.3, -0.25) is 0 Å². The van der Waals surface area contributed by atoms with E-state index in [2.05, 4.69) is 20.3 Å². The first-order valence-corrected chi connectivity index (χ1v) is 16.3. The summed E-state index contributed by atoms with van der Waals surface area (Å²) in [5.74, 6) is -0.149. The molecule has 246 valence electrons. The van der Waals surface area contributed by atoms with Crippen LogP contribution < -0.4 is 5.32 Å². The van der Waals surface area contributed by atoms with Crippen molar-refractivity contribution in [2.45, 2.75) is 49.5 Å². The first-order chi connectivity index (χ1) is 23.0. The highest BCUT2D eigenvalue weighted by molar-refractivity contribution is 7.90. The van der Waals surface area contributed by atoms with Crippen molar-refractivity contribution in [1.82, 2.24) is 23.8 Å². The fraction of sp³-hybridized carbons (Fsp3) is 0.242. The van der Waals surface area contributed by atoms with E-state index in [1.165, 1.54) is 36.4 Å². The van der Waals surface area contributed by atoms with Crippen LogP contribution in [0.15, 0.2) is 90.1 Å². The second-order valence-electron chi connectivity index (χ2n) is 11.2. The van der Waals surface area contributed by atoms with Crippen LogP contribution in [0.5, 0.6) is 0 Å². The zero-order valence-corrected chi connectivity index (χ0v) is 26.2. The van der Waals surface area contributed by atoms with Gasteiger partial charge in [-0.25, -0.2) is 32.1 Å². The molecule has 2 atom stereocenters. The average molecular weight is 676 g/mol. The number of hydrogen-bond donors (Lipinski definition) is 1. The van der Waals surface area contributed by atoms with Gasteiger partial charge in [-0.15, -0.1) is 0 Å². The molecule has 6 rings (SSSR count). The largest absolute Gasteiger partial charge is 0.445 e. The van der Waals surface area contributed by atoms with Crippen molar-refractivity contribution in [3.05, 3.63) is 102 Å². The Hall–Kier alpha value is -5.49. The highest BCUT2D eigenvalue weighted by Crippen LogP contribution is 2.40. The number of nitrogens with one attached hydrogen (secondary N) is 1. The number of fused-ring (bicyclic) bond motifs is 1. The Balaban J connectivity index is 1.35. The topological polar surface area (TPSA) is 143 Å². The number of halogens is 3. The van der Waals surface area contributed by atoms with Gasteiger partial charge in [-0.1, -0.05) is 48.5 Å². The molecule has 1 amide bonds. The van der Waals surface area contributed by atoms with E-state index in [9.17, 15) is 31.6 Å². The van der Waals surface area contributed by atoms with Gasteiger partial charge in [0.05, 0.1) is 10.6 Å². The van der Waals surface area contributed by atoms with Gasteiger partial charge in [-0.05, 0) is 49.6 Å². The van der Waals surface area contributed by atoms with Crippen LogP contribution in [-0.2, 0) is 27.5 Å². The predicted octanol–water partition coefficient (Wildman–Crippen LogP) is 6.22. The lowest BCUT2D eigenvalue weighted by molar-refractivity contribution is -0.137. The van der Waals surface area contributed by atoms with E-state index in [0.29, 0.717) is 19.0 Å². The predicted molar refractivity (Wildman–Crippen MR) is 169 cm³/mol. The number of nitriles is 1. The maximum absolute atomic E-state index is 14.4. The summed E-state index contributed by atoms with van der Waals surface area (Å²) in [6.45, 7) is 2.16. The molecule has 11 nitrogen and oxygen atoms in total. The number of benzene rings is 2. The molecule has 15 heteroatoms. The lowest BCUT2D eigenvalue weighted by Gasteiger charge is -2.37. The SMILES string of the molecule is C[C@H]1CC[C@H](Nc2ncc(C(F)(F)F)c(-c3cn(S(=O)(=O)c4ccccc4)c4nc(C#N)ccc34)n2)CN1C(=O)OCc1ccccc1. The number of rotatable bonds is 7. The number of piperidine rings is 1. The highest BCUT2D eigenvalue weighted by Gasteiger charge is 2.38. The van der Waals surface area contributed by atoms with Crippen molar-refractivity contribution in [3.8, 4) is 17.3 Å². The molecule has 0 saturated carbocycles. The van der Waals surface area contributed by atoms with Gasteiger partial charge in [-0.2, -0.15) is 18.4 Å². The lowest BCUT2D eigenvalue weighted by Crippen LogP contribution is -2.50. The van der Waals surface area contributed by atoms with Gasteiger partial charge in [0.2, 0.25) is 5.95 Å². The molecule has 3 aromatic heterocycles. The van der Waals surface area contributed by atoms with Gasteiger partial charge in [0.25, 0.3) is 10.0 Å². The molecule has 1 N–H and O–H groups in total. The van der Waals surface area contributed by atoms with Crippen LogP contribution in [0.4, 0.5) is 23.9 Å². The Labute approximate surface area is 273 Å². The lowest BCUT2D eigenvalue weighted by atomic mass is 10.00.